The molecule has 0 spiro atoms. The first-order valence-electron chi connectivity index (χ1n) is 4.06. The maximum atomic E-state index is 11.0. The molecule has 0 bridgehead atoms. The van der Waals surface area contributed by atoms with Crippen LogP contribution in [-0.4, -0.2) is 10.9 Å². The zero-order valence-electron chi connectivity index (χ0n) is 7.76. The highest BCUT2D eigenvalue weighted by molar-refractivity contribution is 5.76. The zero-order chi connectivity index (χ0) is 10.6. The lowest BCUT2D eigenvalue weighted by Crippen LogP contribution is -2.09. The third kappa shape index (κ3) is 2.79. The largest absolute Gasteiger partial charge is 0.369 e. The first kappa shape index (κ1) is 10.1. The van der Waals surface area contributed by atoms with Gasteiger partial charge in [0.05, 0.1) is 6.42 Å². The van der Waals surface area contributed by atoms with Crippen molar-refractivity contribution in [2.75, 3.05) is 0 Å². The van der Waals surface area contributed by atoms with Crippen LogP contribution in [0, 0.1) is 18.8 Å². The molecule has 0 atom stereocenters. The van der Waals surface area contributed by atoms with E-state index in [1.165, 1.54) is 6.20 Å². The van der Waals surface area contributed by atoms with E-state index < -0.39 is 5.91 Å². The van der Waals surface area contributed by atoms with Crippen LogP contribution >= 0.6 is 0 Å². The molecular weight excluding hydrogens is 180 g/mol. The molecule has 1 rings (SSSR count). The summed E-state index contributed by atoms with van der Waals surface area (Å²) in [5.41, 5.74) is 6.04. The lowest BCUT2D eigenvalue weighted by molar-refractivity contribution is -0.117. The topological polar surface area (TPSA) is 76.0 Å². The van der Waals surface area contributed by atoms with Crippen molar-refractivity contribution in [3.8, 4) is 11.8 Å². The number of nitrogens with one attached hydrogen (secondary N) is 1. The van der Waals surface area contributed by atoms with E-state index in [1.807, 2.05) is 0 Å². The number of hydrogen-bond acceptors (Lipinski definition) is 2. The summed E-state index contributed by atoms with van der Waals surface area (Å²) in [6.45, 7) is 1.69. The van der Waals surface area contributed by atoms with Crippen LogP contribution in [0.3, 0.4) is 0 Å². The summed E-state index contributed by atoms with van der Waals surface area (Å²) in [5, 5.41) is 0. The summed E-state index contributed by atoms with van der Waals surface area (Å²) in [5.74, 6) is 4.86. The second kappa shape index (κ2) is 4.28. The Balaban J connectivity index is 2.86. The van der Waals surface area contributed by atoms with E-state index in [0.29, 0.717) is 11.1 Å². The minimum absolute atomic E-state index is 0.0260. The number of aromatic amines is 1. The standard InChI is InChI=1S/C10H10N2O2/c1-7-5-8(6-12-10(7)14)3-2-4-9(11)13/h5-6H,4H2,1H3,(H2,11,13)(H,12,14). The van der Waals surface area contributed by atoms with Crippen molar-refractivity contribution in [3.05, 3.63) is 33.7 Å². The smallest absolute Gasteiger partial charge is 0.250 e. The molecule has 1 aromatic heterocycles. The minimum atomic E-state index is -0.460. The van der Waals surface area contributed by atoms with Crippen molar-refractivity contribution in [3.63, 3.8) is 0 Å². The van der Waals surface area contributed by atoms with Gasteiger partial charge in [-0.3, -0.25) is 9.59 Å². The maximum absolute atomic E-state index is 11.0. The van der Waals surface area contributed by atoms with Gasteiger partial charge in [0.15, 0.2) is 0 Å². The number of aromatic nitrogens is 1. The van der Waals surface area contributed by atoms with Gasteiger partial charge in [0, 0.05) is 17.3 Å². The molecule has 0 saturated carbocycles. The Hall–Kier alpha value is -2.02. The number of hydrogen-bond donors (Lipinski definition) is 2. The van der Waals surface area contributed by atoms with Crippen molar-refractivity contribution >= 4 is 5.91 Å². The lowest BCUT2D eigenvalue weighted by Gasteiger charge is -1.91. The number of carbonyl (C=O) groups excluding carboxylic acids is 1. The maximum Gasteiger partial charge on any atom is 0.250 e. The molecule has 1 amide bonds. The average molecular weight is 190 g/mol. The van der Waals surface area contributed by atoms with Crippen molar-refractivity contribution in [1.29, 1.82) is 0 Å². The van der Waals surface area contributed by atoms with E-state index >= 15 is 0 Å². The van der Waals surface area contributed by atoms with Crippen molar-refractivity contribution in [2.45, 2.75) is 13.3 Å². The fraction of sp³-hybridized carbons (Fsp3) is 0.200. The van der Waals surface area contributed by atoms with Crippen LogP contribution in [0.1, 0.15) is 17.5 Å². The first-order valence-corrected chi connectivity index (χ1v) is 4.06. The number of nitrogens with two attached hydrogens (primary N) is 1. The van der Waals surface area contributed by atoms with Gasteiger partial charge in [0.25, 0.3) is 5.56 Å². The zero-order valence-corrected chi connectivity index (χ0v) is 7.76. The van der Waals surface area contributed by atoms with Gasteiger partial charge in [0.2, 0.25) is 5.91 Å². The van der Waals surface area contributed by atoms with Crippen LogP contribution < -0.4 is 11.3 Å². The SMILES string of the molecule is Cc1cc(C#CCC(N)=O)c[nH]c1=O. The molecule has 72 valence electrons. The Morgan fingerprint density at radius 3 is 2.93 bits per heavy atom. The van der Waals surface area contributed by atoms with Crippen LogP contribution in [0.5, 0.6) is 0 Å². The van der Waals surface area contributed by atoms with Gasteiger partial charge >= 0.3 is 0 Å². The normalized spacial score (nSPS) is 8.93. The molecule has 0 radical (unpaired) electrons. The number of carbonyl (C=O) groups is 1. The molecule has 14 heavy (non-hydrogen) atoms. The van der Waals surface area contributed by atoms with E-state index in [4.69, 9.17) is 5.73 Å². The Morgan fingerprint density at radius 1 is 1.64 bits per heavy atom. The number of primary amides is 1. The quantitative estimate of drug-likeness (QED) is 0.607. The predicted octanol–water partition coefficient (Wildman–Crippen LogP) is -0.0898. The third-order valence-electron chi connectivity index (χ3n) is 1.58. The summed E-state index contributed by atoms with van der Waals surface area (Å²) in [4.78, 5) is 23.9. The van der Waals surface area contributed by atoms with Gasteiger partial charge in [-0.15, -0.1) is 0 Å². The molecule has 4 nitrogen and oxygen atoms in total. The van der Waals surface area contributed by atoms with Gasteiger partial charge in [0.1, 0.15) is 0 Å². The molecular formula is C10H10N2O2. The first-order chi connectivity index (χ1) is 6.59. The highest BCUT2D eigenvalue weighted by Gasteiger charge is 1.93. The number of H-pyrrole nitrogens is 1. The summed E-state index contributed by atoms with van der Waals surface area (Å²) in [6.07, 6.45) is 1.53. The van der Waals surface area contributed by atoms with Crippen LogP contribution in [0.2, 0.25) is 0 Å². The summed E-state index contributed by atoms with van der Waals surface area (Å²) < 4.78 is 0. The molecule has 1 aromatic rings. The van der Waals surface area contributed by atoms with Crippen LogP contribution in [0.4, 0.5) is 0 Å². The number of amides is 1. The van der Waals surface area contributed by atoms with Crippen LogP contribution in [0.25, 0.3) is 0 Å². The van der Waals surface area contributed by atoms with Crippen LogP contribution in [0.15, 0.2) is 17.1 Å². The number of rotatable bonds is 1. The van der Waals surface area contributed by atoms with E-state index in [-0.39, 0.29) is 12.0 Å². The average Bonchev–Trinajstić information content (AvgIpc) is 2.10. The fourth-order valence-corrected chi connectivity index (χ4v) is 0.903. The molecule has 0 unspecified atom stereocenters. The van der Waals surface area contributed by atoms with Crippen molar-refractivity contribution in [2.24, 2.45) is 5.73 Å². The molecule has 3 N–H and O–H groups in total. The summed E-state index contributed by atoms with van der Waals surface area (Å²) >= 11 is 0. The highest BCUT2D eigenvalue weighted by Crippen LogP contribution is 1.94. The molecule has 0 saturated heterocycles. The van der Waals surface area contributed by atoms with Gasteiger partial charge in [-0.1, -0.05) is 11.8 Å². The highest BCUT2D eigenvalue weighted by atomic mass is 16.1. The molecule has 0 aliphatic heterocycles. The number of aryl methyl sites for hydroxylation is 1. The Labute approximate surface area is 81.1 Å². The second-order valence-corrected chi connectivity index (χ2v) is 2.85. The second-order valence-electron chi connectivity index (χ2n) is 2.85. The number of pyridine rings is 1. The van der Waals surface area contributed by atoms with E-state index in [1.54, 1.807) is 13.0 Å². The lowest BCUT2D eigenvalue weighted by atomic mass is 10.2. The Morgan fingerprint density at radius 2 is 2.36 bits per heavy atom. The predicted molar refractivity (Wildman–Crippen MR) is 52.5 cm³/mol. The molecule has 0 aliphatic carbocycles. The molecule has 4 heteroatoms. The van der Waals surface area contributed by atoms with Gasteiger partial charge in [-0.25, -0.2) is 0 Å². The van der Waals surface area contributed by atoms with Crippen LogP contribution in [-0.2, 0) is 4.79 Å². The van der Waals surface area contributed by atoms with E-state index in [9.17, 15) is 9.59 Å². The van der Waals surface area contributed by atoms with E-state index in [2.05, 4.69) is 16.8 Å². The summed E-state index contributed by atoms with van der Waals surface area (Å²) in [6, 6.07) is 1.66. The minimum Gasteiger partial charge on any atom is -0.369 e. The van der Waals surface area contributed by atoms with Gasteiger partial charge < -0.3 is 10.7 Å². The van der Waals surface area contributed by atoms with Crippen molar-refractivity contribution in [1.82, 2.24) is 4.98 Å². The summed E-state index contributed by atoms with van der Waals surface area (Å²) in [7, 11) is 0. The molecule has 1 heterocycles. The molecule has 0 aromatic carbocycles. The Kier molecular flexibility index (Phi) is 3.08. The monoisotopic (exact) mass is 190 g/mol. The molecule has 0 fully saturated rings. The van der Waals surface area contributed by atoms with E-state index in [0.717, 1.165) is 0 Å². The Bertz CT molecular complexity index is 463. The van der Waals surface area contributed by atoms with Gasteiger partial charge in [-0.05, 0) is 13.0 Å². The van der Waals surface area contributed by atoms with Crippen molar-refractivity contribution < 1.29 is 4.79 Å². The third-order valence-corrected chi connectivity index (χ3v) is 1.58. The fourth-order valence-electron chi connectivity index (χ4n) is 0.903. The van der Waals surface area contributed by atoms with Gasteiger partial charge in [-0.2, -0.15) is 0 Å². The molecule has 0 aliphatic rings.